The molecule has 11 nitrogen and oxygen atoms in total. The number of hydrogen-bond acceptors (Lipinski definition) is 10. The summed E-state index contributed by atoms with van der Waals surface area (Å²) < 4.78 is 5.68. The van der Waals surface area contributed by atoms with Crippen LogP contribution in [0.5, 0.6) is 0 Å². The molecule has 0 aliphatic carbocycles. The second-order valence-corrected chi connectivity index (χ2v) is 8.91. The predicted octanol–water partition coefficient (Wildman–Crippen LogP) is 2.73. The third-order valence-corrected chi connectivity index (χ3v) is 6.72. The summed E-state index contributed by atoms with van der Waals surface area (Å²) in [6.07, 6.45) is 0. The Balaban J connectivity index is 1.26. The van der Waals surface area contributed by atoms with Crippen LogP contribution in [0.2, 0.25) is 0 Å². The van der Waals surface area contributed by atoms with Crippen molar-refractivity contribution in [3.05, 3.63) is 58.3 Å². The third-order valence-electron chi connectivity index (χ3n) is 4.60. The fourth-order valence-electron chi connectivity index (χ4n) is 3.03. The van der Waals surface area contributed by atoms with Crippen LogP contribution in [0, 0.1) is 10.1 Å². The van der Waals surface area contributed by atoms with E-state index in [0.717, 1.165) is 10.8 Å². The molecule has 0 spiro atoms. The number of nitro groups is 1. The normalized spacial score (nSPS) is 13.8. The summed E-state index contributed by atoms with van der Waals surface area (Å²) in [5.41, 5.74) is 0.743. The van der Waals surface area contributed by atoms with Gasteiger partial charge in [0.15, 0.2) is 10.1 Å². The van der Waals surface area contributed by atoms with E-state index in [4.69, 9.17) is 4.42 Å². The quantitative estimate of drug-likeness (QED) is 0.311. The van der Waals surface area contributed by atoms with E-state index >= 15 is 0 Å². The summed E-state index contributed by atoms with van der Waals surface area (Å²) in [6, 6.07) is 11.7. The van der Waals surface area contributed by atoms with Gasteiger partial charge in [-0.3, -0.25) is 19.7 Å². The monoisotopic (exact) mass is 474 g/mol. The van der Waals surface area contributed by atoms with Gasteiger partial charge in [-0.15, -0.1) is 10.2 Å². The van der Waals surface area contributed by atoms with Gasteiger partial charge in [0.05, 0.1) is 11.8 Å². The standard InChI is InChI=1S/C19H18N6O5S2/c26-15(20-13-4-2-1-3-5-13)12-31-19-22-21-18(32-19)24-10-8-23(9-11-24)17(27)14-6-7-16(30-14)25(28)29/h1-7H,8-12H2,(H,20,26). The molecule has 3 heterocycles. The highest BCUT2D eigenvalue weighted by Crippen LogP contribution is 2.29. The fraction of sp³-hybridized carbons (Fsp3) is 0.263. The lowest BCUT2D eigenvalue weighted by Gasteiger charge is -2.33. The van der Waals surface area contributed by atoms with Crippen molar-refractivity contribution < 1.29 is 18.9 Å². The lowest BCUT2D eigenvalue weighted by atomic mass is 10.3. The van der Waals surface area contributed by atoms with Gasteiger partial charge >= 0.3 is 5.88 Å². The number of nitrogens with one attached hydrogen (secondary N) is 1. The predicted molar refractivity (Wildman–Crippen MR) is 119 cm³/mol. The maximum Gasteiger partial charge on any atom is 0.433 e. The molecule has 1 N–H and O–H groups in total. The summed E-state index contributed by atoms with van der Waals surface area (Å²) in [7, 11) is 0. The van der Waals surface area contributed by atoms with Crippen molar-refractivity contribution >= 4 is 51.6 Å². The zero-order chi connectivity index (χ0) is 22.5. The molecule has 0 bridgehead atoms. The number of piperazine rings is 1. The number of amides is 2. The molecule has 1 saturated heterocycles. The van der Waals surface area contributed by atoms with E-state index in [2.05, 4.69) is 15.5 Å². The van der Waals surface area contributed by atoms with E-state index in [0.29, 0.717) is 30.5 Å². The highest BCUT2D eigenvalue weighted by atomic mass is 32.2. The fourth-order valence-corrected chi connectivity index (χ4v) is 4.72. The largest absolute Gasteiger partial charge is 0.433 e. The number of rotatable bonds is 7. The molecular weight excluding hydrogens is 456 g/mol. The van der Waals surface area contributed by atoms with Crippen LogP contribution in [0.4, 0.5) is 16.7 Å². The zero-order valence-corrected chi connectivity index (χ0v) is 18.3. The first-order chi connectivity index (χ1) is 15.5. The maximum absolute atomic E-state index is 12.5. The first-order valence-corrected chi connectivity index (χ1v) is 11.4. The Morgan fingerprint density at radius 2 is 1.88 bits per heavy atom. The minimum absolute atomic E-state index is 0.0477. The Morgan fingerprint density at radius 1 is 1.12 bits per heavy atom. The van der Waals surface area contributed by atoms with Crippen molar-refractivity contribution in [2.75, 3.05) is 42.1 Å². The van der Waals surface area contributed by atoms with E-state index in [1.807, 2.05) is 35.2 Å². The summed E-state index contributed by atoms with van der Waals surface area (Å²) in [5.74, 6) is -0.781. The molecule has 0 atom stereocenters. The molecule has 1 aliphatic heterocycles. The van der Waals surface area contributed by atoms with Crippen molar-refractivity contribution in [2.45, 2.75) is 4.34 Å². The first-order valence-electron chi connectivity index (χ1n) is 9.59. The summed E-state index contributed by atoms with van der Waals surface area (Å²) in [6.45, 7) is 1.94. The van der Waals surface area contributed by atoms with Crippen LogP contribution in [-0.4, -0.2) is 63.8 Å². The molecule has 1 aromatic carbocycles. The molecule has 2 aromatic heterocycles. The van der Waals surface area contributed by atoms with Crippen molar-refractivity contribution in [1.29, 1.82) is 0 Å². The van der Waals surface area contributed by atoms with Gasteiger partial charge in [-0.2, -0.15) is 0 Å². The number of aromatic nitrogens is 2. The number of anilines is 2. The summed E-state index contributed by atoms with van der Waals surface area (Å²) in [5, 5.41) is 22.6. The van der Waals surface area contributed by atoms with Crippen LogP contribution in [0.25, 0.3) is 0 Å². The molecule has 3 aromatic rings. The molecule has 32 heavy (non-hydrogen) atoms. The van der Waals surface area contributed by atoms with Gasteiger partial charge in [-0.05, 0) is 18.2 Å². The lowest BCUT2D eigenvalue weighted by molar-refractivity contribution is -0.402. The van der Waals surface area contributed by atoms with Gasteiger partial charge in [0.2, 0.25) is 11.0 Å². The van der Waals surface area contributed by atoms with Gasteiger partial charge in [0.25, 0.3) is 5.91 Å². The number of nitrogens with zero attached hydrogens (tertiary/aromatic N) is 5. The van der Waals surface area contributed by atoms with Crippen molar-refractivity contribution in [2.24, 2.45) is 0 Å². The Bertz CT molecular complexity index is 1110. The second-order valence-electron chi connectivity index (χ2n) is 6.73. The number of carbonyl (C=O) groups excluding carboxylic acids is 2. The average Bonchev–Trinajstić information content (AvgIpc) is 3.48. The highest BCUT2D eigenvalue weighted by molar-refractivity contribution is 8.01. The minimum Gasteiger partial charge on any atom is -0.395 e. The maximum atomic E-state index is 12.5. The van der Waals surface area contributed by atoms with E-state index in [1.54, 1.807) is 4.90 Å². The van der Waals surface area contributed by atoms with E-state index in [1.165, 1.54) is 35.2 Å². The highest BCUT2D eigenvalue weighted by Gasteiger charge is 2.27. The van der Waals surface area contributed by atoms with Crippen molar-refractivity contribution in [3.8, 4) is 0 Å². The van der Waals surface area contributed by atoms with Crippen LogP contribution in [-0.2, 0) is 4.79 Å². The Kier molecular flexibility index (Phi) is 6.66. The van der Waals surface area contributed by atoms with Gasteiger partial charge in [-0.25, -0.2) is 0 Å². The number of carbonyl (C=O) groups is 2. The molecule has 13 heteroatoms. The SMILES string of the molecule is O=C(CSc1nnc(N2CCN(C(=O)c3ccc([N+](=O)[O-])o3)CC2)s1)Nc1ccccc1. The Morgan fingerprint density at radius 3 is 2.56 bits per heavy atom. The van der Waals surface area contributed by atoms with Gasteiger partial charge in [0.1, 0.15) is 4.92 Å². The van der Waals surface area contributed by atoms with Crippen LogP contribution < -0.4 is 10.2 Å². The number of benzene rings is 1. The Hall–Kier alpha value is -3.45. The molecule has 166 valence electrons. The third kappa shape index (κ3) is 5.23. The molecular formula is C19H18N6O5S2. The number of hydrogen-bond donors (Lipinski definition) is 1. The molecule has 2 amide bonds. The number of furan rings is 1. The van der Waals surface area contributed by atoms with Gasteiger partial charge in [-0.1, -0.05) is 41.3 Å². The Labute approximate surface area is 190 Å². The van der Waals surface area contributed by atoms with Gasteiger partial charge < -0.3 is 19.5 Å². The molecule has 0 radical (unpaired) electrons. The lowest BCUT2D eigenvalue weighted by Crippen LogP contribution is -2.48. The summed E-state index contributed by atoms with van der Waals surface area (Å²) in [4.78, 5) is 38.2. The van der Waals surface area contributed by atoms with E-state index in [9.17, 15) is 19.7 Å². The minimum atomic E-state index is -0.676. The van der Waals surface area contributed by atoms with Crippen molar-refractivity contribution in [1.82, 2.24) is 15.1 Å². The molecule has 1 fully saturated rings. The molecule has 0 saturated carbocycles. The second kappa shape index (κ2) is 9.78. The molecule has 1 aliphatic rings. The first kappa shape index (κ1) is 21.8. The van der Waals surface area contributed by atoms with E-state index in [-0.39, 0.29) is 23.3 Å². The van der Waals surface area contributed by atoms with Crippen LogP contribution >= 0.6 is 23.1 Å². The smallest absolute Gasteiger partial charge is 0.395 e. The zero-order valence-electron chi connectivity index (χ0n) is 16.7. The summed E-state index contributed by atoms with van der Waals surface area (Å²) >= 11 is 2.70. The van der Waals surface area contributed by atoms with Gasteiger partial charge in [0, 0.05) is 31.9 Å². The van der Waals surface area contributed by atoms with Crippen LogP contribution in [0.1, 0.15) is 10.6 Å². The average molecular weight is 475 g/mol. The van der Waals surface area contributed by atoms with Crippen LogP contribution in [0.15, 0.2) is 51.2 Å². The van der Waals surface area contributed by atoms with E-state index < -0.39 is 10.8 Å². The number of para-hydroxylation sites is 1. The number of thioether (sulfide) groups is 1. The molecule has 4 rings (SSSR count). The molecule has 0 unspecified atom stereocenters. The van der Waals surface area contributed by atoms with Crippen molar-refractivity contribution in [3.63, 3.8) is 0 Å². The topological polar surface area (TPSA) is 135 Å². The van der Waals surface area contributed by atoms with Crippen LogP contribution in [0.3, 0.4) is 0 Å².